The number of thiocarbonyl (C=S) groups is 1. The second-order valence-corrected chi connectivity index (χ2v) is 4.45. The summed E-state index contributed by atoms with van der Waals surface area (Å²) in [7, 11) is 1.62. The summed E-state index contributed by atoms with van der Waals surface area (Å²) in [4.78, 5) is 11.9. The quantitative estimate of drug-likeness (QED) is 0.391. The summed E-state index contributed by atoms with van der Waals surface area (Å²) in [6, 6.07) is 9.04. The minimum absolute atomic E-state index is 0.129. The number of benzene rings is 1. The van der Waals surface area contributed by atoms with Gasteiger partial charge in [0.2, 0.25) is 0 Å². The number of hydrogen-bond donors (Lipinski definition) is 1. The summed E-state index contributed by atoms with van der Waals surface area (Å²) in [6.07, 6.45) is 0. The van der Waals surface area contributed by atoms with Crippen molar-refractivity contribution in [1.82, 2.24) is 5.01 Å². The highest BCUT2D eigenvalue weighted by atomic mass is 32.1. The molecule has 0 fully saturated rings. The molecule has 0 saturated carbocycles. The molecule has 5 nitrogen and oxygen atoms in total. The van der Waals surface area contributed by atoms with Crippen LogP contribution in [0, 0.1) is 0 Å². The lowest BCUT2D eigenvalue weighted by molar-refractivity contribution is 0.543. The van der Waals surface area contributed by atoms with Crippen LogP contribution in [0.1, 0.15) is 12.5 Å². The molecule has 0 atom stereocenters. The molecule has 2 rings (SSSR count). The molecule has 0 amide bonds. The van der Waals surface area contributed by atoms with Gasteiger partial charge in [0.15, 0.2) is 5.11 Å². The first kappa shape index (κ1) is 13.2. The molecule has 0 aliphatic rings. The van der Waals surface area contributed by atoms with Crippen LogP contribution in [0.5, 0.6) is 0 Å². The van der Waals surface area contributed by atoms with E-state index >= 15 is 0 Å². The van der Waals surface area contributed by atoms with Crippen LogP contribution in [0.4, 0.5) is 0 Å². The van der Waals surface area contributed by atoms with E-state index in [1.165, 1.54) is 5.01 Å². The van der Waals surface area contributed by atoms with Gasteiger partial charge in [-0.15, -0.1) is 0 Å². The summed E-state index contributed by atoms with van der Waals surface area (Å²) >= 11 is 4.79. The Morgan fingerprint density at radius 2 is 2.11 bits per heavy atom. The third kappa shape index (κ3) is 2.79. The third-order valence-electron chi connectivity index (χ3n) is 2.65. The fourth-order valence-corrected chi connectivity index (χ4v) is 1.68. The van der Waals surface area contributed by atoms with E-state index < -0.39 is 5.63 Å². The molecule has 0 saturated heterocycles. The molecule has 0 spiro atoms. The first-order valence-corrected chi connectivity index (χ1v) is 6.01. The van der Waals surface area contributed by atoms with Gasteiger partial charge in [0.1, 0.15) is 5.58 Å². The van der Waals surface area contributed by atoms with Crippen molar-refractivity contribution < 1.29 is 4.42 Å². The van der Waals surface area contributed by atoms with Crippen LogP contribution in [0.2, 0.25) is 0 Å². The number of fused-ring (bicyclic) bond motifs is 1. The lowest BCUT2D eigenvalue weighted by Gasteiger charge is -2.11. The van der Waals surface area contributed by atoms with Crippen LogP contribution in [0.3, 0.4) is 0 Å². The van der Waals surface area contributed by atoms with Gasteiger partial charge in [0, 0.05) is 12.4 Å². The third-order valence-corrected chi connectivity index (χ3v) is 2.91. The van der Waals surface area contributed by atoms with Crippen molar-refractivity contribution in [1.29, 1.82) is 0 Å². The molecular weight excluding hydrogens is 262 g/mol. The van der Waals surface area contributed by atoms with Gasteiger partial charge in [-0.1, -0.05) is 18.2 Å². The Morgan fingerprint density at radius 3 is 2.79 bits per heavy atom. The van der Waals surface area contributed by atoms with Crippen molar-refractivity contribution in [2.24, 2.45) is 10.8 Å². The van der Waals surface area contributed by atoms with Crippen molar-refractivity contribution >= 4 is 34.0 Å². The average molecular weight is 275 g/mol. The lowest BCUT2D eigenvalue weighted by Crippen LogP contribution is -2.28. The van der Waals surface area contributed by atoms with Crippen molar-refractivity contribution in [3.05, 3.63) is 46.3 Å². The van der Waals surface area contributed by atoms with Gasteiger partial charge in [0.05, 0.1) is 11.3 Å². The molecule has 1 heterocycles. The van der Waals surface area contributed by atoms with Gasteiger partial charge in [0.25, 0.3) is 0 Å². The molecule has 0 aliphatic carbocycles. The van der Waals surface area contributed by atoms with Crippen LogP contribution < -0.4 is 11.4 Å². The normalized spacial score (nSPS) is 11.6. The molecular formula is C13H13N3O2S. The van der Waals surface area contributed by atoms with Crippen LogP contribution in [-0.4, -0.2) is 22.9 Å². The number of hydrogen-bond acceptors (Lipinski definition) is 4. The maximum Gasteiger partial charge on any atom is 0.345 e. The SMILES string of the molecule is C/C(=N\N(C)C(N)=S)c1cc2ccccc2oc1=O. The predicted molar refractivity (Wildman–Crippen MR) is 79.2 cm³/mol. The Hall–Kier alpha value is -2.21. The van der Waals surface area contributed by atoms with Crippen LogP contribution in [0.25, 0.3) is 11.0 Å². The van der Waals surface area contributed by atoms with E-state index in [1.807, 2.05) is 18.2 Å². The molecule has 6 heteroatoms. The zero-order valence-electron chi connectivity index (χ0n) is 10.6. The molecule has 98 valence electrons. The topological polar surface area (TPSA) is 71.8 Å². The van der Waals surface area contributed by atoms with E-state index in [-0.39, 0.29) is 5.11 Å². The molecule has 0 aliphatic heterocycles. The second kappa shape index (κ2) is 5.19. The number of hydrazone groups is 1. The highest BCUT2D eigenvalue weighted by molar-refractivity contribution is 7.80. The van der Waals surface area contributed by atoms with Crippen LogP contribution in [-0.2, 0) is 0 Å². The number of rotatable bonds is 2. The Balaban J connectivity index is 2.53. The van der Waals surface area contributed by atoms with Gasteiger partial charge in [-0.3, -0.25) is 0 Å². The van der Waals surface area contributed by atoms with Gasteiger partial charge < -0.3 is 10.2 Å². The van der Waals surface area contributed by atoms with E-state index in [1.54, 1.807) is 26.1 Å². The fourth-order valence-electron chi connectivity index (χ4n) is 1.64. The highest BCUT2D eigenvalue weighted by Gasteiger charge is 2.09. The second-order valence-electron chi connectivity index (χ2n) is 4.03. The van der Waals surface area contributed by atoms with Crippen LogP contribution in [0.15, 0.2) is 44.6 Å². The summed E-state index contributed by atoms with van der Waals surface area (Å²) in [6.45, 7) is 1.70. The van der Waals surface area contributed by atoms with E-state index in [2.05, 4.69) is 5.10 Å². The number of para-hydroxylation sites is 1. The van der Waals surface area contributed by atoms with Gasteiger partial charge in [-0.05, 0) is 31.3 Å². The van der Waals surface area contributed by atoms with Crippen molar-refractivity contribution in [2.45, 2.75) is 6.92 Å². The Labute approximate surface area is 115 Å². The maximum absolute atomic E-state index is 11.9. The number of nitrogens with zero attached hydrogens (tertiary/aromatic N) is 2. The Bertz CT molecular complexity index is 721. The Morgan fingerprint density at radius 1 is 1.42 bits per heavy atom. The zero-order valence-corrected chi connectivity index (χ0v) is 11.4. The van der Waals surface area contributed by atoms with Gasteiger partial charge >= 0.3 is 5.63 Å². The van der Waals surface area contributed by atoms with Crippen LogP contribution >= 0.6 is 12.2 Å². The van der Waals surface area contributed by atoms with Gasteiger partial charge in [-0.2, -0.15) is 5.10 Å². The average Bonchev–Trinajstić information content (AvgIpc) is 2.37. The maximum atomic E-state index is 11.9. The zero-order chi connectivity index (χ0) is 14.0. The molecule has 0 bridgehead atoms. The molecule has 0 radical (unpaired) electrons. The molecule has 19 heavy (non-hydrogen) atoms. The van der Waals surface area contributed by atoms with Crippen molar-refractivity contribution in [3.8, 4) is 0 Å². The molecule has 1 aromatic heterocycles. The van der Waals surface area contributed by atoms with E-state index in [0.29, 0.717) is 16.9 Å². The predicted octanol–water partition coefficient (Wildman–Crippen LogP) is 1.69. The van der Waals surface area contributed by atoms with E-state index in [9.17, 15) is 4.79 Å². The van der Waals surface area contributed by atoms with Gasteiger partial charge in [-0.25, -0.2) is 9.80 Å². The monoisotopic (exact) mass is 275 g/mol. The molecule has 0 unspecified atom stereocenters. The first-order valence-electron chi connectivity index (χ1n) is 5.60. The summed E-state index contributed by atoms with van der Waals surface area (Å²) in [5.41, 5.74) is 6.44. The molecule has 1 aromatic carbocycles. The summed E-state index contributed by atoms with van der Waals surface area (Å²) < 4.78 is 5.24. The number of nitrogens with two attached hydrogens (primary N) is 1. The standard InChI is InChI=1S/C13H13N3O2S/c1-8(15-16(2)13(14)19)10-7-9-5-3-4-6-11(9)18-12(10)17/h3-7H,1-2H3,(H2,14,19)/b15-8+. The minimum Gasteiger partial charge on any atom is -0.422 e. The minimum atomic E-state index is -0.434. The van der Waals surface area contributed by atoms with Crippen molar-refractivity contribution in [3.63, 3.8) is 0 Å². The van der Waals surface area contributed by atoms with E-state index in [4.69, 9.17) is 22.4 Å². The molecule has 2 aromatic rings. The van der Waals surface area contributed by atoms with Crippen molar-refractivity contribution in [2.75, 3.05) is 7.05 Å². The first-order chi connectivity index (χ1) is 8.99. The largest absolute Gasteiger partial charge is 0.422 e. The highest BCUT2D eigenvalue weighted by Crippen LogP contribution is 2.13. The summed E-state index contributed by atoms with van der Waals surface area (Å²) in [5.74, 6) is 0. The fraction of sp³-hybridized carbons (Fsp3) is 0.154. The molecule has 2 N–H and O–H groups in total. The van der Waals surface area contributed by atoms with E-state index in [0.717, 1.165) is 5.39 Å². The smallest absolute Gasteiger partial charge is 0.345 e. The summed E-state index contributed by atoms with van der Waals surface area (Å²) in [5, 5.41) is 6.44. The lowest BCUT2D eigenvalue weighted by atomic mass is 10.1. The Kier molecular flexibility index (Phi) is 3.62.